The van der Waals surface area contributed by atoms with Crippen LogP contribution in [0.4, 0.5) is 35.1 Å². The Morgan fingerprint density at radius 1 is 0.929 bits per heavy atom. The summed E-state index contributed by atoms with van der Waals surface area (Å²) in [5.74, 6) is -17.5. The highest BCUT2D eigenvalue weighted by molar-refractivity contribution is 4.97. The van der Waals surface area contributed by atoms with Crippen LogP contribution in [0.1, 0.15) is 6.42 Å². The van der Waals surface area contributed by atoms with Crippen LogP contribution < -0.4 is 0 Å². The fourth-order valence-corrected chi connectivity index (χ4v) is 0.538. The lowest BCUT2D eigenvalue weighted by Crippen LogP contribution is -2.57. The van der Waals surface area contributed by atoms with Gasteiger partial charge in [-0.3, -0.25) is 0 Å². The quantitative estimate of drug-likeness (QED) is 0.648. The van der Waals surface area contributed by atoms with Gasteiger partial charge in [0.1, 0.15) is 0 Å². The van der Waals surface area contributed by atoms with E-state index in [1.165, 1.54) is 0 Å². The Morgan fingerprint density at radius 3 is 1.50 bits per heavy atom. The summed E-state index contributed by atoms with van der Waals surface area (Å²) in [6, 6.07) is 0. The molecule has 0 aliphatic heterocycles. The van der Waals surface area contributed by atoms with Crippen LogP contribution in [0.15, 0.2) is 0 Å². The number of rotatable bonds is 4. The number of hydrogen-bond donors (Lipinski definition) is 0. The zero-order valence-corrected chi connectivity index (χ0v) is 6.52. The first-order chi connectivity index (χ1) is 6.00. The molecule has 0 aliphatic rings. The molecule has 0 unspecified atom stereocenters. The highest BCUT2D eigenvalue weighted by atomic mass is 19.4. The Labute approximate surface area is 73.9 Å². The predicted octanol–water partition coefficient (Wildman–Crippen LogP) is 3.38. The van der Waals surface area contributed by atoms with E-state index in [2.05, 4.69) is 6.92 Å². The van der Waals surface area contributed by atoms with Gasteiger partial charge in [-0.1, -0.05) is 0 Å². The van der Waals surface area contributed by atoms with Crippen molar-refractivity contribution >= 4 is 0 Å². The molecule has 8 heteroatoms. The van der Waals surface area contributed by atoms with Crippen molar-refractivity contribution in [3.05, 3.63) is 6.92 Å². The SMILES string of the molecule is [CH2]CC(F)(F)C(F)(F)C(F)(F)C(F)F. The van der Waals surface area contributed by atoms with E-state index in [1.807, 2.05) is 0 Å². The summed E-state index contributed by atoms with van der Waals surface area (Å²) < 4.78 is 95.5. The monoisotopic (exact) mass is 229 g/mol. The molecule has 0 aromatic carbocycles. The van der Waals surface area contributed by atoms with Crippen LogP contribution in [0.25, 0.3) is 0 Å². The highest BCUT2D eigenvalue weighted by Gasteiger charge is 2.74. The molecule has 0 rings (SSSR count). The average Bonchev–Trinajstić information content (AvgIpc) is 2.03. The largest absolute Gasteiger partial charge is 0.377 e. The first kappa shape index (κ1) is 13.4. The van der Waals surface area contributed by atoms with Crippen molar-refractivity contribution in [3.63, 3.8) is 0 Å². The third-order valence-corrected chi connectivity index (χ3v) is 1.47. The second kappa shape index (κ2) is 3.54. The molecular weight excluding hydrogens is 224 g/mol. The normalized spacial score (nSPS) is 15.0. The molecule has 14 heavy (non-hydrogen) atoms. The van der Waals surface area contributed by atoms with Gasteiger partial charge in [0.05, 0.1) is 0 Å². The molecule has 0 aromatic rings. The number of alkyl halides is 8. The van der Waals surface area contributed by atoms with E-state index in [0.29, 0.717) is 0 Å². The van der Waals surface area contributed by atoms with Gasteiger partial charge in [0.2, 0.25) is 0 Å². The Balaban J connectivity index is 5.14. The third-order valence-electron chi connectivity index (χ3n) is 1.47. The molecule has 1 radical (unpaired) electrons. The van der Waals surface area contributed by atoms with Crippen molar-refractivity contribution in [2.75, 3.05) is 0 Å². The molecule has 0 aromatic heterocycles. The summed E-state index contributed by atoms with van der Waals surface area (Å²) in [6.07, 6.45) is -6.77. The van der Waals surface area contributed by atoms with E-state index in [9.17, 15) is 35.1 Å². The van der Waals surface area contributed by atoms with Crippen molar-refractivity contribution < 1.29 is 35.1 Å². The second-order valence-corrected chi connectivity index (χ2v) is 2.45. The minimum atomic E-state index is -6.12. The number of halogens is 8. The predicted molar refractivity (Wildman–Crippen MR) is 30.8 cm³/mol. The molecule has 0 fully saturated rings. The third kappa shape index (κ3) is 1.78. The zero-order valence-electron chi connectivity index (χ0n) is 6.52. The van der Waals surface area contributed by atoms with Crippen molar-refractivity contribution in [1.29, 1.82) is 0 Å². The van der Waals surface area contributed by atoms with Gasteiger partial charge in [-0.2, -0.15) is 26.3 Å². The van der Waals surface area contributed by atoms with E-state index in [4.69, 9.17) is 0 Å². The fraction of sp³-hybridized carbons (Fsp3) is 0.833. The summed E-state index contributed by atoms with van der Waals surface area (Å²) in [4.78, 5) is 0. The number of hydrogen-bond acceptors (Lipinski definition) is 0. The molecule has 0 heterocycles. The van der Waals surface area contributed by atoms with Gasteiger partial charge in [-0.15, -0.1) is 0 Å². The Morgan fingerprint density at radius 2 is 1.29 bits per heavy atom. The Hall–Kier alpha value is -0.560. The van der Waals surface area contributed by atoms with Crippen LogP contribution in [0.5, 0.6) is 0 Å². The molecule has 0 saturated carbocycles. The van der Waals surface area contributed by atoms with Crippen molar-refractivity contribution in [2.24, 2.45) is 0 Å². The van der Waals surface area contributed by atoms with Crippen LogP contribution in [-0.2, 0) is 0 Å². The molecule has 0 saturated heterocycles. The van der Waals surface area contributed by atoms with E-state index >= 15 is 0 Å². The first-order valence-electron chi connectivity index (χ1n) is 3.21. The molecule has 0 N–H and O–H groups in total. The van der Waals surface area contributed by atoms with E-state index in [1.54, 1.807) is 0 Å². The average molecular weight is 229 g/mol. The van der Waals surface area contributed by atoms with Crippen molar-refractivity contribution in [3.8, 4) is 0 Å². The lowest BCUT2D eigenvalue weighted by molar-refractivity contribution is -0.337. The fourth-order valence-electron chi connectivity index (χ4n) is 0.538. The smallest absolute Gasteiger partial charge is 0.203 e. The van der Waals surface area contributed by atoms with Gasteiger partial charge in [0.15, 0.2) is 0 Å². The van der Waals surface area contributed by atoms with Crippen LogP contribution >= 0.6 is 0 Å². The summed E-state index contributed by atoms with van der Waals surface area (Å²) in [5.41, 5.74) is 0. The Kier molecular flexibility index (Phi) is 3.40. The minimum Gasteiger partial charge on any atom is -0.203 e. The lowest BCUT2D eigenvalue weighted by atomic mass is 10.0. The standard InChI is InChI=1S/C6H5F8/c1-2-4(9,10)6(13,14)5(11,12)3(7)8/h3H,1-2H2. The summed E-state index contributed by atoms with van der Waals surface area (Å²) >= 11 is 0. The zero-order chi connectivity index (χ0) is 11.8. The second-order valence-electron chi connectivity index (χ2n) is 2.45. The van der Waals surface area contributed by atoms with Crippen LogP contribution in [0.2, 0.25) is 0 Å². The maximum absolute atomic E-state index is 12.2. The summed E-state index contributed by atoms with van der Waals surface area (Å²) in [7, 11) is 0. The van der Waals surface area contributed by atoms with Gasteiger partial charge in [0, 0.05) is 6.42 Å². The van der Waals surface area contributed by atoms with E-state index < -0.39 is 30.6 Å². The van der Waals surface area contributed by atoms with Crippen LogP contribution in [-0.4, -0.2) is 24.2 Å². The molecule has 0 amide bonds. The summed E-state index contributed by atoms with van der Waals surface area (Å²) in [5, 5.41) is 0. The lowest BCUT2D eigenvalue weighted by Gasteiger charge is -2.31. The Bertz CT molecular complexity index is 196. The van der Waals surface area contributed by atoms with Crippen molar-refractivity contribution in [2.45, 2.75) is 30.6 Å². The van der Waals surface area contributed by atoms with Crippen LogP contribution in [0, 0.1) is 6.92 Å². The maximum Gasteiger partial charge on any atom is 0.377 e. The van der Waals surface area contributed by atoms with Gasteiger partial charge in [0.25, 0.3) is 0 Å². The minimum absolute atomic E-state index is 1.90. The van der Waals surface area contributed by atoms with E-state index in [-0.39, 0.29) is 0 Å². The molecule has 0 spiro atoms. The summed E-state index contributed by atoms with van der Waals surface area (Å²) in [6.45, 7) is 2.29. The topological polar surface area (TPSA) is 0 Å². The van der Waals surface area contributed by atoms with Gasteiger partial charge in [-0.05, 0) is 6.92 Å². The molecule has 0 aliphatic carbocycles. The van der Waals surface area contributed by atoms with Gasteiger partial charge in [-0.25, -0.2) is 8.78 Å². The molecular formula is C6H5F8. The maximum atomic E-state index is 12.2. The highest BCUT2D eigenvalue weighted by Crippen LogP contribution is 2.49. The molecule has 0 nitrogen and oxygen atoms in total. The molecule has 85 valence electrons. The molecule has 0 atom stereocenters. The van der Waals surface area contributed by atoms with Crippen molar-refractivity contribution in [1.82, 2.24) is 0 Å². The molecule has 0 bridgehead atoms. The van der Waals surface area contributed by atoms with Gasteiger partial charge < -0.3 is 0 Å². The first-order valence-corrected chi connectivity index (χ1v) is 3.21. The van der Waals surface area contributed by atoms with E-state index in [0.717, 1.165) is 0 Å². The van der Waals surface area contributed by atoms with Crippen LogP contribution in [0.3, 0.4) is 0 Å². The van der Waals surface area contributed by atoms with Gasteiger partial charge >= 0.3 is 24.2 Å².